The highest BCUT2D eigenvalue weighted by atomic mass is 35.5. The Hall–Kier alpha value is -2.06. The van der Waals surface area contributed by atoms with E-state index in [0.29, 0.717) is 22.8 Å². The van der Waals surface area contributed by atoms with Crippen molar-refractivity contribution in [2.45, 2.75) is 6.54 Å². The third kappa shape index (κ3) is 2.55. The number of hydrogen-bond donors (Lipinski definition) is 1. The van der Waals surface area contributed by atoms with Gasteiger partial charge in [-0.15, -0.1) is 10.2 Å². The summed E-state index contributed by atoms with van der Waals surface area (Å²) in [7, 11) is 1.86. The molecule has 1 heterocycles. The zero-order chi connectivity index (χ0) is 12.3. The van der Waals surface area contributed by atoms with Crippen LogP contribution in [0.25, 0.3) is 0 Å². The van der Waals surface area contributed by atoms with Crippen LogP contribution in [-0.4, -0.2) is 14.8 Å². The van der Waals surface area contributed by atoms with Crippen molar-refractivity contribution in [1.82, 2.24) is 14.8 Å². The molecule has 0 saturated heterocycles. The fourth-order valence-corrected chi connectivity index (χ4v) is 1.57. The summed E-state index contributed by atoms with van der Waals surface area (Å²) >= 11 is 5.88. The Morgan fingerprint density at radius 1 is 1.53 bits per heavy atom. The molecule has 1 aromatic carbocycles. The summed E-state index contributed by atoms with van der Waals surface area (Å²) in [5.74, 6) is 0.786. The maximum atomic E-state index is 8.95. The molecule has 17 heavy (non-hydrogen) atoms. The Morgan fingerprint density at radius 2 is 2.35 bits per heavy atom. The quantitative estimate of drug-likeness (QED) is 0.900. The molecule has 0 aliphatic carbocycles. The van der Waals surface area contributed by atoms with Crippen molar-refractivity contribution in [2.24, 2.45) is 7.05 Å². The lowest BCUT2D eigenvalue weighted by atomic mass is 10.2. The Balaban J connectivity index is 2.17. The van der Waals surface area contributed by atoms with Crippen LogP contribution in [0.15, 0.2) is 24.5 Å². The molecule has 0 fully saturated rings. The standard InChI is InChI=1S/C11H10ClN5/c1-17-7-15-16-11(17)6-14-10-4-9(12)3-2-8(10)5-13/h2-4,7,14H,6H2,1H3. The molecule has 86 valence electrons. The van der Waals surface area contributed by atoms with Gasteiger partial charge < -0.3 is 9.88 Å². The SMILES string of the molecule is Cn1cnnc1CNc1cc(Cl)ccc1C#N. The molecule has 0 atom stereocenters. The molecule has 2 rings (SSSR count). The van der Waals surface area contributed by atoms with Gasteiger partial charge in [-0.25, -0.2) is 0 Å². The summed E-state index contributed by atoms with van der Waals surface area (Å²) in [4.78, 5) is 0. The Kier molecular flexibility index (Phi) is 3.26. The minimum absolute atomic E-state index is 0.492. The van der Waals surface area contributed by atoms with Gasteiger partial charge in [0.15, 0.2) is 5.82 Å². The molecule has 5 nitrogen and oxygen atoms in total. The molecular formula is C11H10ClN5. The number of rotatable bonds is 3. The first-order chi connectivity index (χ1) is 8.20. The summed E-state index contributed by atoms with van der Waals surface area (Å²) in [6.07, 6.45) is 1.63. The molecule has 0 amide bonds. The summed E-state index contributed by atoms with van der Waals surface area (Å²) in [6.45, 7) is 0.492. The Bertz CT molecular complexity index is 569. The Morgan fingerprint density at radius 3 is 3.00 bits per heavy atom. The first-order valence-electron chi connectivity index (χ1n) is 4.97. The number of nitrogens with one attached hydrogen (secondary N) is 1. The smallest absolute Gasteiger partial charge is 0.151 e. The Labute approximate surface area is 104 Å². The van der Waals surface area contributed by atoms with Crippen molar-refractivity contribution >= 4 is 17.3 Å². The molecule has 0 spiro atoms. The van der Waals surface area contributed by atoms with Crippen molar-refractivity contribution in [3.05, 3.63) is 40.9 Å². The second kappa shape index (κ2) is 4.85. The van der Waals surface area contributed by atoms with E-state index >= 15 is 0 Å². The van der Waals surface area contributed by atoms with Crippen molar-refractivity contribution < 1.29 is 0 Å². The number of nitrogens with zero attached hydrogens (tertiary/aromatic N) is 4. The van der Waals surface area contributed by atoms with E-state index in [-0.39, 0.29) is 0 Å². The van der Waals surface area contributed by atoms with Crippen LogP contribution >= 0.6 is 11.6 Å². The molecular weight excluding hydrogens is 238 g/mol. The van der Waals surface area contributed by atoms with Crippen LogP contribution in [0.2, 0.25) is 5.02 Å². The molecule has 1 N–H and O–H groups in total. The van der Waals surface area contributed by atoms with Crippen LogP contribution in [0, 0.1) is 11.3 Å². The lowest BCUT2D eigenvalue weighted by molar-refractivity contribution is 0.812. The van der Waals surface area contributed by atoms with E-state index in [4.69, 9.17) is 16.9 Å². The van der Waals surface area contributed by atoms with Gasteiger partial charge in [0, 0.05) is 12.1 Å². The highest BCUT2D eigenvalue weighted by molar-refractivity contribution is 6.30. The van der Waals surface area contributed by atoms with Crippen LogP contribution in [0.4, 0.5) is 5.69 Å². The van der Waals surface area contributed by atoms with Crippen LogP contribution < -0.4 is 5.32 Å². The third-order valence-corrected chi connectivity index (χ3v) is 2.58. The zero-order valence-corrected chi connectivity index (χ0v) is 9.94. The molecule has 0 unspecified atom stereocenters. The lowest BCUT2D eigenvalue weighted by Crippen LogP contribution is -2.06. The summed E-state index contributed by atoms with van der Waals surface area (Å²) in [5, 5.41) is 20.4. The van der Waals surface area contributed by atoms with Gasteiger partial charge in [-0.1, -0.05) is 11.6 Å². The monoisotopic (exact) mass is 247 g/mol. The lowest BCUT2D eigenvalue weighted by Gasteiger charge is -2.07. The van der Waals surface area contributed by atoms with Crippen molar-refractivity contribution in [1.29, 1.82) is 5.26 Å². The van der Waals surface area contributed by atoms with E-state index in [1.54, 1.807) is 24.5 Å². The fourth-order valence-electron chi connectivity index (χ4n) is 1.40. The maximum absolute atomic E-state index is 8.95. The first kappa shape index (κ1) is 11.4. The van der Waals surface area contributed by atoms with Gasteiger partial charge in [-0.05, 0) is 18.2 Å². The van der Waals surface area contributed by atoms with Gasteiger partial charge in [-0.2, -0.15) is 5.26 Å². The summed E-state index contributed by atoms with van der Waals surface area (Å²) in [5.41, 5.74) is 1.25. The van der Waals surface area contributed by atoms with Crippen molar-refractivity contribution in [2.75, 3.05) is 5.32 Å². The number of aryl methyl sites for hydroxylation is 1. The van der Waals surface area contributed by atoms with E-state index in [9.17, 15) is 0 Å². The van der Waals surface area contributed by atoms with Gasteiger partial charge >= 0.3 is 0 Å². The number of benzene rings is 1. The predicted octanol–water partition coefficient (Wildman–Crippen LogP) is 1.95. The van der Waals surface area contributed by atoms with Crippen LogP contribution in [-0.2, 0) is 13.6 Å². The molecule has 0 aliphatic rings. The van der Waals surface area contributed by atoms with E-state index in [2.05, 4.69) is 21.6 Å². The van der Waals surface area contributed by atoms with Gasteiger partial charge in [0.25, 0.3) is 0 Å². The van der Waals surface area contributed by atoms with Gasteiger partial charge in [0.05, 0.1) is 17.8 Å². The first-order valence-corrected chi connectivity index (χ1v) is 5.35. The molecule has 1 aromatic heterocycles. The number of anilines is 1. The zero-order valence-electron chi connectivity index (χ0n) is 9.18. The number of halogens is 1. The summed E-state index contributed by atoms with van der Waals surface area (Å²) < 4.78 is 1.81. The second-order valence-corrected chi connectivity index (χ2v) is 3.95. The van der Waals surface area contributed by atoms with E-state index < -0.39 is 0 Å². The topological polar surface area (TPSA) is 66.5 Å². The van der Waals surface area contributed by atoms with Crippen molar-refractivity contribution in [3.63, 3.8) is 0 Å². The highest BCUT2D eigenvalue weighted by Crippen LogP contribution is 2.20. The van der Waals surface area contributed by atoms with E-state index in [1.807, 2.05) is 11.6 Å². The van der Waals surface area contributed by atoms with Crippen LogP contribution in [0.5, 0.6) is 0 Å². The van der Waals surface area contributed by atoms with Gasteiger partial charge in [0.2, 0.25) is 0 Å². The number of hydrogen-bond acceptors (Lipinski definition) is 4. The molecule has 0 saturated carbocycles. The van der Waals surface area contributed by atoms with E-state index in [0.717, 1.165) is 5.82 Å². The van der Waals surface area contributed by atoms with Gasteiger partial charge in [0.1, 0.15) is 12.4 Å². The van der Waals surface area contributed by atoms with Crippen molar-refractivity contribution in [3.8, 4) is 6.07 Å². The summed E-state index contributed by atoms with van der Waals surface area (Å²) in [6, 6.07) is 7.19. The highest BCUT2D eigenvalue weighted by Gasteiger charge is 2.05. The van der Waals surface area contributed by atoms with Crippen LogP contribution in [0.1, 0.15) is 11.4 Å². The normalized spacial score (nSPS) is 9.94. The molecule has 6 heteroatoms. The largest absolute Gasteiger partial charge is 0.377 e. The molecule has 0 radical (unpaired) electrons. The minimum Gasteiger partial charge on any atom is -0.377 e. The molecule has 0 bridgehead atoms. The predicted molar refractivity (Wildman–Crippen MR) is 64.5 cm³/mol. The average molecular weight is 248 g/mol. The minimum atomic E-state index is 0.492. The van der Waals surface area contributed by atoms with Gasteiger partial charge in [-0.3, -0.25) is 0 Å². The maximum Gasteiger partial charge on any atom is 0.151 e. The average Bonchev–Trinajstić information content (AvgIpc) is 2.72. The number of aromatic nitrogens is 3. The third-order valence-electron chi connectivity index (χ3n) is 2.34. The fraction of sp³-hybridized carbons (Fsp3) is 0.182. The number of nitriles is 1. The molecule has 0 aliphatic heterocycles. The second-order valence-electron chi connectivity index (χ2n) is 3.51. The van der Waals surface area contributed by atoms with E-state index in [1.165, 1.54) is 0 Å². The molecule has 2 aromatic rings. The van der Waals surface area contributed by atoms with Crippen LogP contribution in [0.3, 0.4) is 0 Å².